The molecule has 102 valence electrons. The molecule has 0 radical (unpaired) electrons. The lowest BCUT2D eigenvalue weighted by Gasteiger charge is -2.13. The highest BCUT2D eigenvalue weighted by Crippen LogP contribution is 2.25. The van der Waals surface area contributed by atoms with E-state index in [2.05, 4.69) is 67.6 Å². The van der Waals surface area contributed by atoms with Crippen molar-refractivity contribution in [3.05, 3.63) is 51.5 Å². The van der Waals surface area contributed by atoms with Crippen LogP contribution in [0.4, 0.5) is 0 Å². The Morgan fingerprint density at radius 2 is 1.79 bits per heavy atom. The Kier molecular flexibility index (Phi) is 4.38. The fourth-order valence-corrected chi connectivity index (χ4v) is 2.68. The van der Waals surface area contributed by atoms with Crippen molar-refractivity contribution in [3.8, 4) is 0 Å². The van der Waals surface area contributed by atoms with E-state index in [1.54, 1.807) is 11.3 Å². The summed E-state index contributed by atoms with van der Waals surface area (Å²) in [6.07, 6.45) is 0. The van der Waals surface area contributed by atoms with Gasteiger partial charge in [-0.05, 0) is 12.5 Å². The molecule has 0 amide bonds. The highest BCUT2D eigenvalue weighted by atomic mass is 32.1. The molecule has 0 aliphatic rings. The molecule has 0 spiro atoms. The van der Waals surface area contributed by atoms with Crippen molar-refractivity contribution in [2.45, 2.75) is 46.2 Å². The highest BCUT2D eigenvalue weighted by Gasteiger charge is 2.17. The van der Waals surface area contributed by atoms with Crippen LogP contribution in [0.5, 0.6) is 0 Å². The highest BCUT2D eigenvalue weighted by molar-refractivity contribution is 7.09. The number of hydrogen-bond acceptors (Lipinski definition) is 3. The summed E-state index contributed by atoms with van der Waals surface area (Å²) in [5, 5.41) is 6.81. The molecule has 1 N–H and O–H groups in total. The zero-order chi connectivity index (χ0) is 13.9. The first-order chi connectivity index (χ1) is 8.95. The molecule has 2 rings (SSSR count). The second kappa shape index (κ2) is 5.85. The van der Waals surface area contributed by atoms with E-state index >= 15 is 0 Å². The van der Waals surface area contributed by atoms with E-state index in [1.807, 2.05) is 0 Å². The summed E-state index contributed by atoms with van der Waals surface area (Å²) in [7, 11) is 0. The van der Waals surface area contributed by atoms with Crippen molar-refractivity contribution in [3.63, 3.8) is 0 Å². The summed E-state index contributed by atoms with van der Waals surface area (Å²) in [6.45, 7) is 10.4. The Hall–Kier alpha value is -1.19. The standard InChI is InChI=1S/C16H22N2S/c1-12-5-7-13(8-6-12)9-17-10-14-11-19-15(18-14)16(2,3)4/h5-8,11,17H,9-10H2,1-4H3. The molecule has 0 atom stereocenters. The minimum atomic E-state index is 0.153. The summed E-state index contributed by atoms with van der Waals surface area (Å²) in [5.41, 5.74) is 3.91. The van der Waals surface area contributed by atoms with Crippen LogP contribution in [0.15, 0.2) is 29.6 Å². The first kappa shape index (κ1) is 14.2. The van der Waals surface area contributed by atoms with E-state index in [0.717, 1.165) is 18.8 Å². The maximum atomic E-state index is 4.68. The number of aryl methyl sites for hydroxylation is 1. The summed E-state index contributed by atoms with van der Waals surface area (Å²) in [4.78, 5) is 4.68. The molecule has 0 fully saturated rings. The van der Waals surface area contributed by atoms with Crippen LogP contribution in [-0.4, -0.2) is 4.98 Å². The van der Waals surface area contributed by atoms with E-state index < -0.39 is 0 Å². The van der Waals surface area contributed by atoms with Crippen LogP contribution in [0.3, 0.4) is 0 Å². The van der Waals surface area contributed by atoms with Crippen molar-refractivity contribution in [1.29, 1.82) is 0 Å². The smallest absolute Gasteiger partial charge is 0.0982 e. The van der Waals surface area contributed by atoms with Gasteiger partial charge in [-0.25, -0.2) is 4.98 Å². The van der Waals surface area contributed by atoms with Gasteiger partial charge in [0, 0.05) is 23.9 Å². The molecular formula is C16H22N2S. The predicted molar refractivity (Wildman–Crippen MR) is 82.5 cm³/mol. The number of aromatic nitrogens is 1. The number of nitrogens with zero attached hydrogens (tertiary/aromatic N) is 1. The van der Waals surface area contributed by atoms with Crippen LogP contribution in [0.1, 0.15) is 42.6 Å². The zero-order valence-corrected chi connectivity index (χ0v) is 13.0. The fourth-order valence-electron chi connectivity index (χ4n) is 1.77. The first-order valence-electron chi connectivity index (χ1n) is 6.66. The zero-order valence-electron chi connectivity index (χ0n) is 12.2. The van der Waals surface area contributed by atoms with E-state index in [4.69, 9.17) is 0 Å². The second-order valence-electron chi connectivity index (χ2n) is 5.98. The average Bonchev–Trinajstić information content (AvgIpc) is 2.80. The van der Waals surface area contributed by atoms with E-state index in [0.29, 0.717) is 0 Å². The number of nitrogens with one attached hydrogen (secondary N) is 1. The van der Waals surface area contributed by atoms with E-state index in [-0.39, 0.29) is 5.41 Å². The van der Waals surface area contributed by atoms with Crippen LogP contribution < -0.4 is 5.32 Å². The number of thiazole rings is 1. The van der Waals surface area contributed by atoms with Gasteiger partial charge in [-0.1, -0.05) is 50.6 Å². The largest absolute Gasteiger partial charge is 0.307 e. The lowest BCUT2D eigenvalue weighted by atomic mass is 9.98. The van der Waals surface area contributed by atoms with Gasteiger partial charge in [-0.3, -0.25) is 0 Å². The van der Waals surface area contributed by atoms with Crippen LogP contribution in [0.25, 0.3) is 0 Å². The number of hydrogen-bond donors (Lipinski definition) is 1. The monoisotopic (exact) mass is 274 g/mol. The van der Waals surface area contributed by atoms with Crippen LogP contribution in [0.2, 0.25) is 0 Å². The quantitative estimate of drug-likeness (QED) is 0.910. The molecule has 1 aromatic carbocycles. The summed E-state index contributed by atoms with van der Waals surface area (Å²) in [6, 6.07) is 8.64. The Morgan fingerprint density at radius 3 is 2.37 bits per heavy atom. The number of benzene rings is 1. The van der Waals surface area contributed by atoms with Gasteiger partial charge in [-0.15, -0.1) is 11.3 Å². The van der Waals surface area contributed by atoms with Gasteiger partial charge in [0.25, 0.3) is 0 Å². The summed E-state index contributed by atoms with van der Waals surface area (Å²) in [5.74, 6) is 0. The Balaban J connectivity index is 1.86. The van der Waals surface area contributed by atoms with Crippen LogP contribution >= 0.6 is 11.3 Å². The van der Waals surface area contributed by atoms with Gasteiger partial charge >= 0.3 is 0 Å². The lowest BCUT2D eigenvalue weighted by molar-refractivity contribution is 0.579. The topological polar surface area (TPSA) is 24.9 Å². The van der Waals surface area contributed by atoms with Crippen molar-refractivity contribution in [1.82, 2.24) is 10.3 Å². The lowest BCUT2D eigenvalue weighted by Crippen LogP contribution is -2.14. The second-order valence-corrected chi connectivity index (χ2v) is 6.84. The van der Waals surface area contributed by atoms with Crippen molar-refractivity contribution < 1.29 is 0 Å². The van der Waals surface area contributed by atoms with Gasteiger partial charge in [0.1, 0.15) is 0 Å². The number of rotatable bonds is 4. The fraction of sp³-hybridized carbons (Fsp3) is 0.438. The molecule has 2 nitrogen and oxygen atoms in total. The molecule has 2 aromatic rings. The Labute approximate surface area is 119 Å². The predicted octanol–water partition coefficient (Wildman–Crippen LogP) is 4.04. The molecule has 0 saturated heterocycles. The maximum Gasteiger partial charge on any atom is 0.0982 e. The molecule has 0 aliphatic heterocycles. The van der Waals surface area contributed by atoms with Crippen molar-refractivity contribution >= 4 is 11.3 Å². The Bertz CT molecular complexity index is 520. The normalized spacial score (nSPS) is 11.8. The average molecular weight is 274 g/mol. The minimum Gasteiger partial charge on any atom is -0.307 e. The molecule has 19 heavy (non-hydrogen) atoms. The molecule has 0 bridgehead atoms. The first-order valence-corrected chi connectivity index (χ1v) is 7.54. The van der Waals surface area contributed by atoms with Crippen LogP contribution in [0, 0.1) is 6.92 Å². The third-order valence-electron chi connectivity index (χ3n) is 2.95. The third kappa shape index (κ3) is 4.15. The maximum absolute atomic E-state index is 4.68. The SMILES string of the molecule is Cc1ccc(CNCc2csc(C(C)(C)C)n2)cc1. The van der Waals surface area contributed by atoms with Crippen molar-refractivity contribution in [2.75, 3.05) is 0 Å². The summed E-state index contributed by atoms with van der Waals surface area (Å²) < 4.78 is 0. The van der Waals surface area contributed by atoms with Gasteiger partial charge in [-0.2, -0.15) is 0 Å². The van der Waals surface area contributed by atoms with Gasteiger partial charge in [0.15, 0.2) is 0 Å². The molecular weight excluding hydrogens is 252 g/mol. The molecule has 3 heteroatoms. The minimum absolute atomic E-state index is 0.153. The van der Waals surface area contributed by atoms with Crippen LogP contribution in [-0.2, 0) is 18.5 Å². The summed E-state index contributed by atoms with van der Waals surface area (Å²) >= 11 is 1.75. The third-order valence-corrected chi connectivity index (χ3v) is 4.27. The molecule has 1 aromatic heterocycles. The Morgan fingerprint density at radius 1 is 1.11 bits per heavy atom. The van der Waals surface area contributed by atoms with Gasteiger partial charge in [0.2, 0.25) is 0 Å². The molecule has 1 heterocycles. The molecule has 0 saturated carbocycles. The molecule has 0 aliphatic carbocycles. The molecule has 0 unspecified atom stereocenters. The van der Waals surface area contributed by atoms with Gasteiger partial charge < -0.3 is 5.32 Å². The van der Waals surface area contributed by atoms with Crippen molar-refractivity contribution in [2.24, 2.45) is 0 Å². The van der Waals surface area contributed by atoms with Gasteiger partial charge in [0.05, 0.1) is 10.7 Å². The van der Waals surface area contributed by atoms with E-state index in [9.17, 15) is 0 Å². The van der Waals surface area contributed by atoms with E-state index in [1.165, 1.54) is 16.1 Å².